The minimum absolute atomic E-state index is 0.141. The summed E-state index contributed by atoms with van der Waals surface area (Å²) in [4.78, 5) is 0. The topological polar surface area (TPSA) is 39.9 Å². The molecule has 27 heavy (non-hydrogen) atoms. The van der Waals surface area contributed by atoms with Crippen molar-refractivity contribution in [2.24, 2.45) is 0 Å². The lowest BCUT2D eigenvalue weighted by molar-refractivity contribution is 0.275. The Labute approximate surface area is 162 Å². The van der Waals surface area contributed by atoms with Crippen LogP contribution in [0.25, 0.3) is 6.08 Å². The van der Waals surface area contributed by atoms with Crippen molar-refractivity contribution in [3.63, 3.8) is 0 Å². The van der Waals surface area contributed by atoms with Crippen molar-refractivity contribution in [2.45, 2.75) is 18.3 Å². The fraction of sp³-hybridized carbons (Fsp3) is 0.143. The molecule has 0 saturated carbocycles. The lowest BCUT2D eigenvalue weighted by Gasteiger charge is -2.09. The number of aromatic nitrogens is 3. The van der Waals surface area contributed by atoms with Gasteiger partial charge in [0.1, 0.15) is 6.61 Å². The molecule has 138 valence electrons. The molecule has 3 aromatic rings. The predicted octanol–water partition coefficient (Wildman–Crippen LogP) is 4.99. The molecular formula is C21H20FN3OS. The number of hydrogen-bond acceptors (Lipinski definition) is 4. The third-order valence-electron chi connectivity index (χ3n) is 3.72. The molecule has 0 spiro atoms. The number of nitrogens with zero attached hydrogens (tertiary/aromatic N) is 3. The zero-order valence-corrected chi connectivity index (χ0v) is 15.6. The minimum atomic E-state index is -0.395. The highest BCUT2D eigenvalue weighted by Crippen LogP contribution is 2.20. The van der Waals surface area contributed by atoms with Crippen LogP contribution in [0.15, 0.2) is 78.5 Å². The van der Waals surface area contributed by atoms with E-state index in [1.165, 1.54) is 6.07 Å². The maximum absolute atomic E-state index is 13.7. The van der Waals surface area contributed by atoms with E-state index < -0.39 is 5.82 Å². The highest BCUT2D eigenvalue weighted by molar-refractivity contribution is 7.99. The third kappa shape index (κ3) is 5.31. The van der Waals surface area contributed by atoms with Gasteiger partial charge in [0.15, 0.2) is 22.5 Å². The summed E-state index contributed by atoms with van der Waals surface area (Å²) < 4.78 is 21.2. The number of allylic oxidation sites excluding steroid dienone is 1. The second-order valence-electron chi connectivity index (χ2n) is 5.64. The molecule has 0 aliphatic heterocycles. The van der Waals surface area contributed by atoms with E-state index in [-0.39, 0.29) is 12.4 Å². The second kappa shape index (κ2) is 9.73. The molecule has 0 fully saturated rings. The Bertz CT molecular complexity index is 909. The van der Waals surface area contributed by atoms with Crippen molar-refractivity contribution < 1.29 is 9.13 Å². The molecule has 0 N–H and O–H groups in total. The van der Waals surface area contributed by atoms with Crippen LogP contribution in [0.5, 0.6) is 5.75 Å². The maximum atomic E-state index is 13.7. The van der Waals surface area contributed by atoms with Gasteiger partial charge in [-0.05, 0) is 17.7 Å². The van der Waals surface area contributed by atoms with E-state index in [2.05, 4.69) is 41.1 Å². The van der Waals surface area contributed by atoms with Crippen LogP contribution in [0.4, 0.5) is 4.39 Å². The molecule has 6 heteroatoms. The fourth-order valence-corrected chi connectivity index (χ4v) is 3.20. The molecule has 0 amide bonds. The first-order valence-corrected chi connectivity index (χ1v) is 9.51. The van der Waals surface area contributed by atoms with Crippen molar-refractivity contribution in [3.05, 3.63) is 90.5 Å². The van der Waals surface area contributed by atoms with E-state index >= 15 is 0 Å². The van der Waals surface area contributed by atoms with Crippen molar-refractivity contribution in [1.29, 1.82) is 0 Å². The van der Waals surface area contributed by atoms with Crippen LogP contribution >= 0.6 is 11.8 Å². The average molecular weight is 381 g/mol. The monoisotopic (exact) mass is 381 g/mol. The standard InChI is InChI=1S/C21H20FN3OS/c1-2-14-25-20(16-26-19-13-7-6-12-18(19)22)23-24-21(25)27-15-8-11-17-9-4-3-5-10-17/h2-13H,1,14-16H2/b11-8+. The number of ether oxygens (including phenoxy) is 1. The first kappa shape index (κ1) is 18.9. The van der Waals surface area contributed by atoms with Gasteiger partial charge >= 0.3 is 0 Å². The molecule has 1 heterocycles. The van der Waals surface area contributed by atoms with Gasteiger partial charge in [0.25, 0.3) is 0 Å². The number of hydrogen-bond donors (Lipinski definition) is 0. The van der Waals surface area contributed by atoms with Crippen LogP contribution in [-0.4, -0.2) is 20.5 Å². The molecule has 0 aliphatic rings. The number of thioether (sulfide) groups is 1. The van der Waals surface area contributed by atoms with Gasteiger partial charge in [-0.25, -0.2) is 4.39 Å². The van der Waals surface area contributed by atoms with Crippen LogP contribution in [0.1, 0.15) is 11.4 Å². The van der Waals surface area contributed by atoms with Crippen LogP contribution in [0.3, 0.4) is 0 Å². The summed E-state index contributed by atoms with van der Waals surface area (Å²) in [5.74, 6) is 1.20. The van der Waals surface area contributed by atoms with Gasteiger partial charge < -0.3 is 4.74 Å². The quantitative estimate of drug-likeness (QED) is 0.387. The summed E-state index contributed by atoms with van der Waals surface area (Å²) in [5, 5.41) is 9.20. The first-order chi connectivity index (χ1) is 13.3. The van der Waals surface area contributed by atoms with Crippen LogP contribution in [-0.2, 0) is 13.2 Å². The Morgan fingerprint density at radius 2 is 1.85 bits per heavy atom. The molecule has 0 aliphatic carbocycles. The smallest absolute Gasteiger partial charge is 0.191 e. The van der Waals surface area contributed by atoms with Crippen molar-refractivity contribution in [3.8, 4) is 5.75 Å². The van der Waals surface area contributed by atoms with Crippen molar-refractivity contribution in [2.75, 3.05) is 5.75 Å². The molecule has 2 aromatic carbocycles. The lowest BCUT2D eigenvalue weighted by atomic mass is 10.2. The van der Waals surface area contributed by atoms with Gasteiger partial charge in [-0.3, -0.25) is 4.57 Å². The van der Waals surface area contributed by atoms with E-state index in [9.17, 15) is 4.39 Å². The molecule has 0 bridgehead atoms. The van der Waals surface area contributed by atoms with Gasteiger partial charge in [0.05, 0.1) is 0 Å². The van der Waals surface area contributed by atoms with Gasteiger partial charge in [-0.15, -0.1) is 16.8 Å². The molecule has 4 nitrogen and oxygen atoms in total. The van der Waals surface area contributed by atoms with Gasteiger partial charge in [-0.1, -0.05) is 72.5 Å². The molecule has 0 radical (unpaired) electrons. The van der Waals surface area contributed by atoms with Gasteiger partial charge in [-0.2, -0.15) is 0 Å². The molecule has 0 unspecified atom stereocenters. The zero-order valence-electron chi connectivity index (χ0n) is 14.8. The van der Waals surface area contributed by atoms with Crippen molar-refractivity contribution >= 4 is 17.8 Å². The number of benzene rings is 2. The number of para-hydroxylation sites is 1. The molecule has 1 aromatic heterocycles. The minimum Gasteiger partial charge on any atom is -0.483 e. The molecule has 3 rings (SSSR count). The van der Waals surface area contributed by atoms with E-state index in [1.54, 1.807) is 36.0 Å². The normalized spacial score (nSPS) is 11.0. The Balaban J connectivity index is 1.63. The van der Waals surface area contributed by atoms with E-state index in [0.717, 1.165) is 16.5 Å². The first-order valence-electron chi connectivity index (χ1n) is 8.52. The largest absolute Gasteiger partial charge is 0.483 e. The number of halogens is 1. The summed E-state index contributed by atoms with van der Waals surface area (Å²) in [7, 11) is 0. The number of rotatable bonds is 9. The van der Waals surface area contributed by atoms with E-state index in [4.69, 9.17) is 4.74 Å². The van der Waals surface area contributed by atoms with Crippen LogP contribution in [0, 0.1) is 5.82 Å². The Kier molecular flexibility index (Phi) is 6.82. The van der Waals surface area contributed by atoms with E-state index in [0.29, 0.717) is 12.4 Å². The molecular weight excluding hydrogens is 361 g/mol. The fourth-order valence-electron chi connectivity index (χ4n) is 2.42. The SMILES string of the molecule is C=CCn1c(COc2ccccc2F)nnc1SC/C=C/c1ccccc1. The summed E-state index contributed by atoms with van der Waals surface area (Å²) in [6, 6.07) is 16.4. The predicted molar refractivity (Wildman–Crippen MR) is 107 cm³/mol. The average Bonchev–Trinajstić information content (AvgIpc) is 3.07. The second-order valence-corrected chi connectivity index (χ2v) is 6.63. The van der Waals surface area contributed by atoms with Crippen molar-refractivity contribution in [1.82, 2.24) is 14.8 Å². The van der Waals surface area contributed by atoms with Crippen LogP contribution < -0.4 is 4.74 Å². The summed E-state index contributed by atoms with van der Waals surface area (Å²) in [6.07, 6.45) is 5.94. The molecule has 0 saturated heterocycles. The van der Waals surface area contributed by atoms with E-state index in [1.807, 2.05) is 22.8 Å². The Hall–Kier alpha value is -2.86. The van der Waals surface area contributed by atoms with Crippen LogP contribution in [0.2, 0.25) is 0 Å². The zero-order chi connectivity index (χ0) is 18.9. The molecule has 0 atom stereocenters. The van der Waals surface area contributed by atoms with Gasteiger partial charge in [0.2, 0.25) is 0 Å². The third-order valence-corrected chi connectivity index (χ3v) is 4.64. The maximum Gasteiger partial charge on any atom is 0.191 e. The summed E-state index contributed by atoms with van der Waals surface area (Å²) in [5.41, 5.74) is 1.16. The highest BCUT2D eigenvalue weighted by Gasteiger charge is 2.12. The Morgan fingerprint density at radius 1 is 1.07 bits per heavy atom. The van der Waals surface area contributed by atoms with Gasteiger partial charge in [0, 0.05) is 12.3 Å². The lowest BCUT2D eigenvalue weighted by Crippen LogP contribution is -2.08. The summed E-state index contributed by atoms with van der Waals surface area (Å²) >= 11 is 1.58. The highest BCUT2D eigenvalue weighted by atomic mass is 32.2. The summed E-state index contributed by atoms with van der Waals surface area (Å²) in [6.45, 7) is 4.49. The Morgan fingerprint density at radius 3 is 2.63 bits per heavy atom.